The van der Waals surface area contributed by atoms with Gasteiger partial charge in [0.25, 0.3) is 0 Å². The van der Waals surface area contributed by atoms with E-state index >= 15 is 0 Å². The van der Waals surface area contributed by atoms with Gasteiger partial charge in [-0.05, 0) is 22.3 Å². The van der Waals surface area contributed by atoms with Crippen LogP contribution < -0.4 is 24.8 Å². The Kier molecular flexibility index (Phi) is 11.9. The third kappa shape index (κ3) is 7.81. The van der Waals surface area contributed by atoms with Crippen molar-refractivity contribution in [2.24, 2.45) is 0 Å². The zero-order chi connectivity index (χ0) is 28.1. The zero-order valence-electron chi connectivity index (χ0n) is 24.6. The number of fused-ring (bicyclic) bond motifs is 2. The minimum absolute atomic E-state index is 0. The smallest absolute Gasteiger partial charge is 1.00 e. The molecular formula is C42H30Cl2Hf. The van der Waals surface area contributed by atoms with Crippen molar-refractivity contribution in [2.75, 3.05) is 0 Å². The third-order valence-electron chi connectivity index (χ3n) is 7.84. The summed E-state index contributed by atoms with van der Waals surface area (Å²) in [6.07, 6.45) is 0. The molecule has 0 saturated carbocycles. The van der Waals surface area contributed by atoms with Gasteiger partial charge < -0.3 is 24.8 Å². The fourth-order valence-corrected chi connectivity index (χ4v) is 5.65. The van der Waals surface area contributed by atoms with Gasteiger partial charge in [-0.1, -0.05) is 157 Å². The fraction of sp³-hybridized carbons (Fsp3) is 0. The number of hydrogen-bond donors (Lipinski definition) is 0. The first-order valence-corrected chi connectivity index (χ1v) is 14.4. The van der Waals surface area contributed by atoms with E-state index in [-0.39, 0.29) is 50.7 Å². The minimum atomic E-state index is 0. The van der Waals surface area contributed by atoms with Crippen LogP contribution in [0.3, 0.4) is 0 Å². The minimum Gasteiger partial charge on any atom is -1.00 e. The first-order chi connectivity index (χ1) is 20.8. The van der Waals surface area contributed by atoms with Gasteiger partial charge >= 0.3 is 25.8 Å². The van der Waals surface area contributed by atoms with Crippen molar-refractivity contribution in [1.82, 2.24) is 0 Å². The summed E-state index contributed by atoms with van der Waals surface area (Å²) in [4.78, 5) is 0. The van der Waals surface area contributed by atoms with Crippen LogP contribution in [0.15, 0.2) is 182 Å². The normalized spacial score (nSPS) is 10.1. The summed E-state index contributed by atoms with van der Waals surface area (Å²) < 4.78 is 0. The van der Waals surface area contributed by atoms with Crippen LogP contribution in [0.25, 0.3) is 66.1 Å². The standard InChI is InChI=1S/2C21H15.2ClH.Hf/c2*1-2-7-16(8-3-1)17-11-6-12-20(13-17)21-14-18-9-4-5-10-19(18)15-21;;;/h2*1-15H;2*1H;/q2*-1;;;+4/p-2. The monoisotopic (exact) mass is 784 g/mol. The van der Waals surface area contributed by atoms with Crippen LogP contribution in [0, 0.1) is 0 Å². The molecule has 8 aromatic rings. The Morgan fingerprint density at radius 1 is 0.289 bits per heavy atom. The van der Waals surface area contributed by atoms with E-state index in [1.54, 1.807) is 0 Å². The van der Waals surface area contributed by atoms with E-state index in [1.807, 2.05) is 0 Å². The van der Waals surface area contributed by atoms with Gasteiger partial charge in [0.15, 0.2) is 0 Å². The van der Waals surface area contributed by atoms with Crippen molar-refractivity contribution in [3.8, 4) is 44.5 Å². The second-order valence-electron chi connectivity index (χ2n) is 10.6. The molecule has 0 radical (unpaired) electrons. The van der Waals surface area contributed by atoms with E-state index in [0.717, 1.165) is 0 Å². The number of benzene rings is 6. The van der Waals surface area contributed by atoms with Crippen LogP contribution in [-0.2, 0) is 25.8 Å². The van der Waals surface area contributed by atoms with Gasteiger partial charge in [0.2, 0.25) is 0 Å². The Labute approximate surface area is 296 Å². The van der Waals surface area contributed by atoms with Crippen LogP contribution >= 0.6 is 0 Å². The number of hydrogen-bond acceptors (Lipinski definition) is 0. The molecule has 0 unspecified atom stereocenters. The Hall–Kier alpha value is -4.01. The maximum absolute atomic E-state index is 2.27. The fourth-order valence-electron chi connectivity index (χ4n) is 5.65. The van der Waals surface area contributed by atoms with Crippen molar-refractivity contribution < 1.29 is 50.7 Å². The summed E-state index contributed by atoms with van der Waals surface area (Å²) in [7, 11) is 0. The van der Waals surface area contributed by atoms with E-state index in [9.17, 15) is 0 Å². The van der Waals surface area contributed by atoms with Crippen LogP contribution in [0.2, 0.25) is 0 Å². The van der Waals surface area contributed by atoms with E-state index in [1.165, 1.54) is 66.1 Å². The van der Waals surface area contributed by atoms with Gasteiger partial charge in [0.1, 0.15) is 0 Å². The molecule has 216 valence electrons. The number of rotatable bonds is 4. The van der Waals surface area contributed by atoms with Crippen LogP contribution in [0.4, 0.5) is 0 Å². The predicted octanol–water partition coefficient (Wildman–Crippen LogP) is 5.79. The summed E-state index contributed by atoms with van der Waals surface area (Å²) in [5.41, 5.74) is 10.2. The molecular weight excluding hydrogens is 754 g/mol. The van der Waals surface area contributed by atoms with Gasteiger partial charge in [-0.25, -0.2) is 0 Å². The molecule has 0 aliphatic rings. The summed E-state index contributed by atoms with van der Waals surface area (Å²) in [6, 6.07) is 64.6. The summed E-state index contributed by atoms with van der Waals surface area (Å²) in [5, 5.41) is 5.21. The van der Waals surface area contributed by atoms with Crippen molar-refractivity contribution >= 4 is 21.5 Å². The Morgan fingerprint density at radius 3 is 1.02 bits per heavy atom. The van der Waals surface area contributed by atoms with Crippen LogP contribution in [-0.4, -0.2) is 0 Å². The van der Waals surface area contributed by atoms with E-state index < -0.39 is 0 Å². The van der Waals surface area contributed by atoms with E-state index in [4.69, 9.17) is 0 Å². The maximum atomic E-state index is 2.27. The molecule has 45 heavy (non-hydrogen) atoms. The van der Waals surface area contributed by atoms with Crippen molar-refractivity contribution in [2.45, 2.75) is 0 Å². The van der Waals surface area contributed by atoms with Gasteiger partial charge in [-0.15, -0.1) is 69.1 Å². The molecule has 0 nitrogen and oxygen atoms in total. The molecule has 0 aliphatic heterocycles. The zero-order valence-corrected chi connectivity index (χ0v) is 29.7. The molecule has 0 spiro atoms. The van der Waals surface area contributed by atoms with Gasteiger partial charge in [0, 0.05) is 0 Å². The van der Waals surface area contributed by atoms with Crippen molar-refractivity contribution in [1.29, 1.82) is 0 Å². The molecule has 0 N–H and O–H groups in total. The van der Waals surface area contributed by atoms with Crippen molar-refractivity contribution in [3.05, 3.63) is 182 Å². The SMILES string of the molecule is [Cl-].[Cl-].[Hf+4].c1ccc(-c2cccc(-c3cc4ccccc4[cH-]3)c2)cc1.c1ccc(-c2cccc(-c3cc4ccccc4[cH-]3)c2)cc1. The third-order valence-corrected chi connectivity index (χ3v) is 7.84. The number of halogens is 2. The second kappa shape index (κ2) is 15.8. The topological polar surface area (TPSA) is 0 Å². The average molecular weight is 784 g/mol. The van der Waals surface area contributed by atoms with Gasteiger partial charge in [-0.2, -0.15) is 0 Å². The molecule has 0 atom stereocenters. The molecule has 0 aliphatic carbocycles. The molecule has 3 heteroatoms. The molecule has 0 saturated heterocycles. The predicted molar refractivity (Wildman–Crippen MR) is 181 cm³/mol. The van der Waals surface area contributed by atoms with Gasteiger partial charge in [-0.3, -0.25) is 0 Å². The molecule has 0 aromatic heterocycles. The Balaban J connectivity index is 0.000000192. The van der Waals surface area contributed by atoms with E-state index in [2.05, 4.69) is 182 Å². The Morgan fingerprint density at radius 2 is 0.622 bits per heavy atom. The summed E-state index contributed by atoms with van der Waals surface area (Å²) in [6.45, 7) is 0. The van der Waals surface area contributed by atoms with Crippen LogP contribution in [0.5, 0.6) is 0 Å². The molecule has 0 fully saturated rings. The van der Waals surface area contributed by atoms with Crippen LogP contribution in [0.1, 0.15) is 0 Å². The second-order valence-corrected chi connectivity index (χ2v) is 10.6. The Bertz CT molecular complexity index is 1870. The molecule has 8 rings (SSSR count). The summed E-state index contributed by atoms with van der Waals surface area (Å²) in [5.74, 6) is 0. The average Bonchev–Trinajstić information content (AvgIpc) is 3.71. The quantitative estimate of drug-likeness (QED) is 0.157. The molecule has 0 heterocycles. The first-order valence-electron chi connectivity index (χ1n) is 14.4. The molecule has 8 aromatic carbocycles. The largest absolute Gasteiger partial charge is 4.00 e. The molecule has 0 bridgehead atoms. The van der Waals surface area contributed by atoms with E-state index in [0.29, 0.717) is 0 Å². The van der Waals surface area contributed by atoms with Gasteiger partial charge in [0.05, 0.1) is 0 Å². The maximum Gasteiger partial charge on any atom is 4.00 e. The summed E-state index contributed by atoms with van der Waals surface area (Å²) >= 11 is 0. The molecule has 0 amide bonds. The first kappa shape index (κ1) is 33.9. The van der Waals surface area contributed by atoms with Crippen molar-refractivity contribution in [3.63, 3.8) is 0 Å².